The van der Waals surface area contributed by atoms with Gasteiger partial charge in [0.25, 0.3) is 0 Å². The van der Waals surface area contributed by atoms with Crippen LogP contribution in [0.4, 0.5) is 5.82 Å². The number of anilines is 1. The summed E-state index contributed by atoms with van der Waals surface area (Å²) in [6.07, 6.45) is 7.18. The first-order valence-electron chi connectivity index (χ1n) is 8.82. The van der Waals surface area contributed by atoms with E-state index in [1.165, 1.54) is 12.8 Å². The summed E-state index contributed by atoms with van der Waals surface area (Å²) in [5.41, 5.74) is 2.08. The highest BCUT2D eigenvalue weighted by Gasteiger charge is 2.30. The number of aromatic nitrogens is 2. The van der Waals surface area contributed by atoms with Gasteiger partial charge >= 0.3 is 0 Å². The summed E-state index contributed by atoms with van der Waals surface area (Å²) in [6, 6.07) is 5.99. The molecule has 1 aromatic heterocycles. The fourth-order valence-corrected chi connectivity index (χ4v) is 3.82. The van der Waals surface area contributed by atoms with E-state index in [1.54, 1.807) is 11.8 Å². The van der Waals surface area contributed by atoms with Gasteiger partial charge in [-0.15, -0.1) is 0 Å². The van der Waals surface area contributed by atoms with E-state index < -0.39 is 0 Å². The molecule has 0 saturated heterocycles. The summed E-state index contributed by atoms with van der Waals surface area (Å²) in [4.78, 5) is 12.1. The number of amides is 1. The molecule has 0 bridgehead atoms. The highest BCUT2D eigenvalue weighted by atomic mass is 16.5. The van der Waals surface area contributed by atoms with Crippen LogP contribution in [0.1, 0.15) is 49.1 Å². The standard InChI is InChI=1S/C19H23N3O3/c1-22-19-15(11-20-22)14(10-18(23)21-19)12-7-8-16(17(9-12)24-2)25-13-5-3-4-6-13/h7-9,11,13-14H,3-6,10H2,1-2H3,(H,21,23)/t14-/m0/s1. The Labute approximate surface area is 147 Å². The minimum Gasteiger partial charge on any atom is -0.493 e. The van der Waals surface area contributed by atoms with Crippen molar-refractivity contribution < 1.29 is 14.3 Å². The number of nitrogens with zero attached hydrogens (tertiary/aromatic N) is 2. The zero-order valence-electron chi connectivity index (χ0n) is 14.6. The lowest BCUT2D eigenvalue weighted by molar-refractivity contribution is -0.116. The van der Waals surface area contributed by atoms with E-state index in [4.69, 9.17) is 9.47 Å². The van der Waals surface area contributed by atoms with E-state index in [0.29, 0.717) is 6.42 Å². The van der Waals surface area contributed by atoms with E-state index in [-0.39, 0.29) is 17.9 Å². The number of methoxy groups -OCH3 is 1. The zero-order chi connectivity index (χ0) is 17.4. The van der Waals surface area contributed by atoms with Crippen LogP contribution in [0, 0.1) is 0 Å². The number of nitrogens with one attached hydrogen (secondary N) is 1. The first kappa shape index (κ1) is 16.0. The number of benzene rings is 1. The Morgan fingerprint density at radius 1 is 1.24 bits per heavy atom. The molecule has 6 nitrogen and oxygen atoms in total. The van der Waals surface area contributed by atoms with Gasteiger partial charge in [-0.3, -0.25) is 9.48 Å². The van der Waals surface area contributed by atoms with Crippen molar-refractivity contribution in [1.82, 2.24) is 9.78 Å². The lowest BCUT2D eigenvalue weighted by atomic mass is 9.87. The third kappa shape index (κ3) is 2.97. The SMILES string of the molecule is COc1cc([C@@H]2CC(=O)Nc3c2cnn3C)ccc1OC1CCCC1. The lowest BCUT2D eigenvalue weighted by Gasteiger charge is -2.24. The maximum absolute atomic E-state index is 12.1. The van der Waals surface area contributed by atoms with E-state index in [2.05, 4.69) is 10.4 Å². The number of carbonyl (C=O) groups is 1. The second kappa shape index (κ2) is 6.43. The molecule has 2 aromatic rings. The molecular weight excluding hydrogens is 318 g/mol. The van der Waals surface area contributed by atoms with Crippen molar-refractivity contribution in [2.45, 2.75) is 44.1 Å². The van der Waals surface area contributed by atoms with Crippen LogP contribution in [0.2, 0.25) is 0 Å². The Morgan fingerprint density at radius 3 is 2.80 bits per heavy atom. The van der Waals surface area contributed by atoms with Crippen LogP contribution in [0.25, 0.3) is 0 Å². The van der Waals surface area contributed by atoms with E-state index >= 15 is 0 Å². The normalized spacial score (nSPS) is 20.2. The topological polar surface area (TPSA) is 65.4 Å². The fourth-order valence-electron chi connectivity index (χ4n) is 3.82. The quantitative estimate of drug-likeness (QED) is 0.927. The molecule has 1 atom stereocenters. The first-order valence-corrected chi connectivity index (χ1v) is 8.82. The lowest BCUT2D eigenvalue weighted by Crippen LogP contribution is -2.24. The Bertz CT molecular complexity index is 793. The third-order valence-corrected chi connectivity index (χ3v) is 5.18. The van der Waals surface area contributed by atoms with Crippen LogP contribution in [0.15, 0.2) is 24.4 Å². The van der Waals surface area contributed by atoms with Crippen LogP contribution in [0.5, 0.6) is 11.5 Å². The monoisotopic (exact) mass is 341 g/mol. The molecule has 0 radical (unpaired) electrons. The summed E-state index contributed by atoms with van der Waals surface area (Å²) < 4.78 is 13.4. The average molecular weight is 341 g/mol. The van der Waals surface area contributed by atoms with Gasteiger partial charge in [0.15, 0.2) is 11.5 Å². The number of aryl methyl sites for hydroxylation is 1. The molecule has 1 saturated carbocycles. The smallest absolute Gasteiger partial charge is 0.226 e. The molecule has 1 amide bonds. The molecular formula is C19H23N3O3. The van der Waals surface area contributed by atoms with Gasteiger partial charge in [-0.05, 0) is 43.4 Å². The second-order valence-corrected chi connectivity index (χ2v) is 6.81. The third-order valence-electron chi connectivity index (χ3n) is 5.18. The summed E-state index contributed by atoms with van der Waals surface area (Å²) in [5, 5.41) is 7.18. The number of carbonyl (C=O) groups excluding carboxylic acids is 1. The summed E-state index contributed by atoms with van der Waals surface area (Å²) in [5.74, 6) is 2.26. The number of ether oxygens (including phenoxy) is 2. The molecule has 0 spiro atoms. The molecule has 2 heterocycles. The Morgan fingerprint density at radius 2 is 2.04 bits per heavy atom. The van der Waals surface area contributed by atoms with Crippen LogP contribution in [0.3, 0.4) is 0 Å². The van der Waals surface area contributed by atoms with Crippen molar-refractivity contribution in [3.8, 4) is 11.5 Å². The number of rotatable bonds is 4. The molecule has 1 fully saturated rings. The van der Waals surface area contributed by atoms with Crippen molar-refractivity contribution in [2.75, 3.05) is 12.4 Å². The molecule has 4 rings (SSSR count). The average Bonchev–Trinajstić information content (AvgIpc) is 3.25. The molecule has 1 N–H and O–H groups in total. The number of fused-ring (bicyclic) bond motifs is 1. The zero-order valence-corrected chi connectivity index (χ0v) is 14.6. The molecule has 132 valence electrons. The highest BCUT2D eigenvalue weighted by molar-refractivity contribution is 5.94. The van der Waals surface area contributed by atoms with Gasteiger partial charge in [-0.2, -0.15) is 5.10 Å². The molecule has 2 aliphatic rings. The summed E-state index contributed by atoms with van der Waals surface area (Å²) in [6.45, 7) is 0. The molecule has 6 heteroatoms. The van der Waals surface area contributed by atoms with E-state index in [9.17, 15) is 4.79 Å². The minimum atomic E-state index is -0.0214. The molecule has 1 aliphatic heterocycles. The van der Waals surface area contributed by atoms with E-state index in [1.807, 2.05) is 31.4 Å². The van der Waals surface area contributed by atoms with Gasteiger partial charge in [0.1, 0.15) is 5.82 Å². The van der Waals surface area contributed by atoms with Crippen molar-refractivity contribution in [3.63, 3.8) is 0 Å². The maximum atomic E-state index is 12.1. The molecule has 25 heavy (non-hydrogen) atoms. The fraction of sp³-hybridized carbons (Fsp3) is 0.474. The van der Waals surface area contributed by atoms with Crippen LogP contribution in [-0.2, 0) is 11.8 Å². The van der Waals surface area contributed by atoms with Gasteiger partial charge < -0.3 is 14.8 Å². The van der Waals surface area contributed by atoms with Crippen molar-refractivity contribution >= 4 is 11.7 Å². The predicted octanol–water partition coefficient (Wildman–Crippen LogP) is 3.22. The summed E-state index contributed by atoms with van der Waals surface area (Å²) in [7, 11) is 3.49. The predicted molar refractivity (Wildman–Crippen MR) is 94.2 cm³/mol. The van der Waals surface area contributed by atoms with Crippen LogP contribution >= 0.6 is 0 Å². The van der Waals surface area contributed by atoms with Gasteiger partial charge in [0, 0.05) is 24.9 Å². The molecule has 1 aromatic carbocycles. The first-order chi connectivity index (χ1) is 12.2. The molecule has 0 unspecified atom stereocenters. The largest absolute Gasteiger partial charge is 0.493 e. The van der Waals surface area contributed by atoms with Gasteiger partial charge in [-0.1, -0.05) is 6.07 Å². The number of hydrogen-bond acceptors (Lipinski definition) is 4. The van der Waals surface area contributed by atoms with Crippen LogP contribution in [-0.4, -0.2) is 28.9 Å². The Kier molecular flexibility index (Phi) is 4.11. The van der Waals surface area contributed by atoms with Gasteiger partial charge in [0.05, 0.1) is 19.4 Å². The van der Waals surface area contributed by atoms with Crippen molar-refractivity contribution in [3.05, 3.63) is 35.5 Å². The van der Waals surface area contributed by atoms with Crippen molar-refractivity contribution in [2.24, 2.45) is 7.05 Å². The highest BCUT2D eigenvalue weighted by Crippen LogP contribution is 2.40. The Hall–Kier alpha value is -2.50. The maximum Gasteiger partial charge on any atom is 0.226 e. The number of hydrogen-bond donors (Lipinski definition) is 1. The summed E-state index contributed by atoms with van der Waals surface area (Å²) >= 11 is 0. The van der Waals surface area contributed by atoms with Crippen molar-refractivity contribution in [1.29, 1.82) is 0 Å². The Balaban J connectivity index is 1.65. The van der Waals surface area contributed by atoms with Gasteiger partial charge in [-0.25, -0.2) is 0 Å². The van der Waals surface area contributed by atoms with E-state index in [0.717, 1.165) is 41.3 Å². The molecule has 1 aliphatic carbocycles. The minimum absolute atomic E-state index is 0.00588. The van der Waals surface area contributed by atoms with Crippen LogP contribution < -0.4 is 14.8 Å². The second-order valence-electron chi connectivity index (χ2n) is 6.81. The van der Waals surface area contributed by atoms with Gasteiger partial charge in [0.2, 0.25) is 5.91 Å².